The molecule has 0 radical (unpaired) electrons. The van der Waals surface area contributed by atoms with Crippen LogP contribution in [0, 0.1) is 5.92 Å². The number of nitrogens with zero attached hydrogens (tertiary/aromatic N) is 3. The molecule has 1 aliphatic carbocycles. The maximum atomic E-state index is 13.8. The lowest BCUT2D eigenvalue weighted by Gasteiger charge is -2.32. The number of carbonyl (C=O) groups excluding carboxylic acids is 2. The SMILES string of the molecule is O=C(Cc1ccc2c(c1)OCO2)N1CCCN(Cc2ccc(Cl)cc2)CCCN(C(=O)C2CC2)c2ccccc2C1. The molecule has 1 saturated carbocycles. The highest BCUT2D eigenvalue weighted by atomic mass is 35.5. The largest absolute Gasteiger partial charge is 0.454 e. The first-order valence-electron chi connectivity index (χ1n) is 14.6. The van der Waals surface area contributed by atoms with Gasteiger partial charge < -0.3 is 19.3 Å². The third kappa shape index (κ3) is 6.85. The van der Waals surface area contributed by atoms with E-state index < -0.39 is 0 Å². The summed E-state index contributed by atoms with van der Waals surface area (Å²) in [6, 6.07) is 21.8. The molecule has 2 heterocycles. The summed E-state index contributed by atoms with van der Waals surface area (Å²) in [6.45, 7) is 4.48. The lowest BCUT2D eigenvalue weighted by Crippen LogP contribution is -2.39. The number of carbonyl (C=O) groups is 2. The number of halogens is 1. The Kier molecular flexibility index (Phi) is 8.44. The van der Waals surface area contributed by atoms with Crippen LogP contribution in [0.5, 0.6) is 11.5 Å². The van der Waals surface area contributed by atoms with Crippen LogP contribution in [0.25, 0.3) is 0 Å². The summed E-state index contributed by atoms with van der Waals surface area (Å²) in [6.07, 6.45) is 3.93. The zero-order valence-electron chi connectivity index (χ0n) is 23.3. The lowest BCUT2D eigenvalue weighted by molar-refractivity contribution is -0.131. The van der Waals surface area contributed by atoms with E-state index in [4.69, 9.17) is 21.1 Å². The van der Waals surface area contributed by atoms with Crippen molar-refractivity contribution in [2.75, 3.05) is 37.9 Å². The van der Waals surface area contributed by atoms with Crippen LogP contribution >= 0.6 is 11.6 Å². The van der Waals surface area contributed by atoms with E-state index in [0.29, 0.717) is 31.1 Å². The third-order valence-corrected chi connectivity index (χ3v) is 8.31. The fourth-order valence-corrected chi connectivity index (χ4v) is 5.82. The van der Waals surface area contributed by atoms with Gasteiger partial charge in [-0.1, -0.05) is 48.0 Å². The number of benzene rings is 3. The summed E-state index contributed by atoms with van der Waals surface area (Å²) >= 11 is 6.12. The van der Waals surface area contributed by atoms with Gasteiger partial charge in [0.25, 0.3) is 0 Å². The molecule has 7 nitrogen and oxygen atoms in total. The van der Waals surface area contributed by atoms with E-state index >= 15 is 0 Å². The van der Waals surface area contributed by atoms with Gasteiger partial charge in [0.1, 0.15) is 0 Å². The Morgan fingerprint density at radius 2 is 1.56 bits per heavy atom. The molecular weight excluding hydrogens is 538 g/mol. The average Bonchev–Trinajstić information content (AvgIpc) is 3.72. The van der Waals surface area contributed by atoms with E-state index in [1.807, 2.05) is 58.3 Å². The number of ether oxygens (including phenoxy) is 2. The van der Waals surface area contributed by atoms with Gasteiger partial charge in [-0.15, -0.1) is 0 Å². The number of para-hydroxylation sites is 1. The molecule has 0 unspecified atom stereocenters. The summed E-state index contributed by atoms with van der Waals surface area (Å²) in [4.78, 5) is 33.6. The van der Waals surface area contributed by atoms with Crippen molar-refractivity contribution in [1.82, 2.24) is 9.80 Å². The Hall–Kier alpha value is -3.55. The molecule has 214 valence electrons. The zero-order valence-corrected chi connectivity index (χ0v) is 24.0. The number of hydrogen-bond donors (Lipinski definition) is 0. The minimum Gasteiger partial charge on any atom is -0.454 e. The molecule has 2 aliphatic heterocycles. The molecule has 6 rings (SSSR count). The molecule has 8 heteroatoms. The van der Waals surface area contributed by atoms with Crippen LogP contribution in [0.1, 0.15) is 42.4 Å². The highest BCUT2D eigenvalue weighted by molar-refractivity contribution is 6.30. The van der Waals surface area contributed by atoms with Crippen LogP contribution in [-0.2, 0) is 29.1 Å². The van der Waals surface area contributed by atoms with Gasteiger partial charge in [0.15, 0.2) is 11.5 Å². The van der Waals surface area contributed by atoms with Crippen molar-refractivity contribution >= 4 is 29.1 Å². The molecule has 3 aromatic rings. The van der Waals surface area contributed by atoms with Crippen molar-refractivity contribution < 1.29 is 19.1 Å². The van der Waals surface area contributed by atoms with Crippen molar-refractivity contribution in [1.29, 1.82) is 0 Å². The van der Waals surface area contributed by atoms with Crippen LogP contribution in [0.3, 0.4) is 0 Å². The van der Waals surface area contributed by atoms with E-state index in [9.17, 15) is 9.59 Å². The van der Waals surface area contributed by atoms with Gasteiger partial charge in [0, 0.05) is 55.9 Å². The van der Waals surface area contributed by atoms with E-state index in [1.165, 1.54) is 5.56 Å². The minimum absolute atomic E-state index is 0.0556. The van der Waals surface area contributed by atoms with Gasteiger partial charge in [-0.2, -0.15) is 0 Å². The van der Waals surface area contributed by atoms with Crippen LogP contribution in [0.4, 0.5) is 5.69 Å². The predicted octanol–water partition coefficient (Wildman–Crippen LogP) is 5.68. The van der Waals surface area contributed by atoms with Crippen molar-refractivity contribution in [2.45, 2.75) is 45.2 Å². The first kappa shape index (κ1) is 27.6. The van der Waals surface area contributed by atoms with Crippen molar-refractivity contribution in [2.24, 2.45) is 5.92 Å². The molecular formula is C33H36ClN3O4. The first-order valence-corrected chi connectivity index (χ1v) is 14.9. The van der Waals surface area contributed by atoms with Crippen LogP contribution < -0.4 is 14.4 Å². The first-order chi connectivity index (χ1) is 20.0. The van der Waals surface area contributed by atoms with Gasteiger partial charge in [-0.3, -0.25) is 14.5 Å². The van der Waals surface area contributed by atoms with Crippen LogP contribution in [-0.4, -0.2) is 54.6 Å². The second kappa shape index (κ2) is 12.5. The molecule has 3 aromatic carbocycles. The Bertz CT molecular complexity index is 1390. The summed E-state index contributed by atoms with van der Waals surface area (Å²) in [5.41, 5.74) is 4.04. The van der Waals surface area contributed by atoms with E-state index in [2.05, 4.69) is 23.1 Å². The van der Waals surface area contributed by atoms with Gasteiger partial charge in [-0.25, -0.2) is 0 Å². The summed E-state index contributed by atoms with van der Waals surface area (Å²) in [7, 11) is 0. The highest BCUT2D eigenvalue weighted by Gasteiger charge is 2.35. The fraction of sp³-hybridized carbons (Fsp3) is 0.394. The highest BCUT2D eigenvalue weighted by Crippen LogP contribution is 2.35. The standard InChI is InChI=1S/C33H36ClN3O4/c34-28-12-7-24(8-13-28)21-35-15-3-17-36(32(38)20-25-9-14-30-31(19-25)41-23-40-30)22-27-5-1-2-6-29(27)37(18-4-16-35)33(39)26-10-11-26/h1-2,5-9,12-14,19,26H,3-4,10-11,15-18,20-23H2. The Morgan fingerprint density at radius 1 is 0.829 bits per heavy atom. The van der Waals surface area contributed by atoms with Crippen molar-refractivity contribution in [3.63, 3.8) is 0 Å². The Labute approximate surface area is 246 Å². The van der Waals surface area contributed by atoms with Gasteiger partial charge in [0.05, 0.1) is 6.42 Å². The van der Waals surface area contributed by atoms with Crippen LogP contribution in [0.15, 0.2) is 66.7 Å². The molecule has 0 bridgehead atoms. The molecule has 0 aromatic heterocycles. The normalized spacial score (nSPS) is 17.9. The monoisotopic (exact) mass is 573 g/mol. The maximum absolute atomic E-state index is 13.8. The third-order valence-electron chi connectivity index (χ3n) is 8.06. The molecule has 1 fully saturated rings. The predicted molar refractivity (Wildman–Crippen MR) is 159 cm³/mol. The number of rotatable bonds is 5. The molecule has 2 amide bonds. The van der Waals surface area contributed by atoms with E-state index in [1.54, 1.807) is 0 Å². The van der Waals surface area contributed by atoms with Crippen LogP contribution in [0.2, 0.25) is 5.02 Å². The smallest absolute Gasteiger partial charge is 0.231 e. The second-order valence-corrected chi connectivity index (χ2v) is 11.6. The average molecular weight is 574 g/mol. The fourth-order valence-electron chi connectivity index (χ4n) is 5.70. The Morgan fingerprint density at radius 3 is 2.37 bits per heavy atom. The second-order valence-electron chi connectivity index (χ2n) is 11.2. The van der Waals surface area contributed by atoms with Crippen molar-refractivity contribution in [3.05, 3.63) is 88.4 Å². The molecule has 0 N–H and O–H groups in total. The van der Waals surface area contributed by atoms with E-state index in [-0.39, 0.29) is 30.9 Å². The zero-order chi connectivity index (χ0) is 28.2. The van der Waals surface area contributed by atoms with Gasteiger partial charge >= 0.3 is 0 Å². The van der Waals surface area contributed by atoms with E-state index in [0.717, 1.165) is 67.2 Å². The number of hydrogen-bond acceptors (Lipinski definition) is 5. The number of fused-ring (bicyclic) bond motifs is 2. The topological polar surface area (TPSA) is 62.3 Å². The quantitative estimate of drug-likeness (QED) is 0.393. The summed E-state index contributed by atoms with van der Waals surface area (Å²) < 4.78 is 11.0. The molecule has 0 saturated heterocycles. The summed E-state index contributed by atoms with van der Waals surface area (Å²) in [5.74, 6) is 1.77. The molecule has 0 atom stereocenters. The maximum Gasteiger partial charge on any atom is 0.231 e. The molecule has 41 heavy (non-hydrogen) atoms. The number of amides is 2. The molecule has 3 aliphatic rings. The van der Waals surface area contributed by atoms with Gasteiger partial charge in [0.2, 0.25) is 18.6 Å². The summed E-state index contributed by atoms with van der Waals surface area (Å²) in [5, 5.41) is 0.729. The van der Waals surface area contributed by atoms with Crippen molar-refractivity contribution in [3.8, 4) is 11.5 Å². The minimum atomic E-state index is 0.0556. The number of anilines is 1. The lowest BCUT2D eigenvalue weighted by atomic mass is 10.1. The molecule has 0 spiro atoms. The Balaban J connectivity index is 1.25. The van der Waals surface area contributed by atoms with Gasteiger partial charge in [-0.05, 0) is 72.7 Å².